The molecule has 0 aromatic heterocycles. The number of alkyl carbamates (subject to hydrolysis) is 1. The van der Waals surface area contributed by atoms with E-state index < -0.39 is 30.3 Å². The van der Waals surface area contributed by atoms with E-state index in [2.05, 4.69) is 5.32 Å². The van der Waals surface area contributed by atoms with E-state index in [1.54, 1.807) is 0 Å². The summed E-state index contributed by atoms with van der Waals surface area (Å²) < 4.78 is 18.6. The molecule has 0 radical (unpaired) electrons. The first-order valence-corrected chi connectivity index (χ1v) is 9.59. The number of halogens is 1. The van der Waals surface area contributed by atoms with Gasteiger partial charge in [0, 0.05) is 18.3 Å². The van der Waals surface area contributed by atoms with Crippen molar-refractivity contribution in [3.63, 3.8) is 0 Å². The molecule has 0 spiro atoms. The number of fused-ring (bicyclic) bond motifs is 3. The van der Waals surface area contributed by atoms with Gasteiger partial charge in [-0.2, -0.15) is 0 Å². The predicted octanol–water partition coefficient (Wildman–Crippen LogP) is 3.55. The molecule has 0 unspecified atom stereocenters. The van der Waals surface area contributed by atoms with Gasteiger partial charge in [0.2, 0.25) is 0 Å². The first kappa shape index (κ1) is 19.6. The average molecular weight is 404 g/mol. The number of ether oxygens (including phenoxy) is 1. The lowest BCUT2D eigenvalue weighted by molar-refractivity contribution is -0.306. The Labute approximate surface area is 173 Å². The quantitative estimate of drug-likeness (QED) is 0.682. The van der Waals surface area contributed by atoms with Crippen molar-refractivity contribution in [1.82, 2.24) is 5.32 Å². The molecule has 0 saturated carbocycles. The number of carbonyl (C=O) groups excluding carboxylic acids is 2. The fourth-order valence-corrected chi connectivity index (χ4v) is 3.90. The zero-order chi connectivity index (χ0) is 21.1. The summed E-state index contributed by atoms with van der Waals surface area (Å²) in [6.45, 7) is 0.112. The lowest BCUT2D eigenvalue weighted by Gasteiger charge is -2.21. The van der Waals surface area contributed by atoms with Crippen LogP contribution in [0.25, 0.3) is 11.1 Å². The Balaban J connectivity index is 1.47. The van der Waals surface area contributed by atoms with Crippen molar-refractivity contribution < 1.29 is 23.8 Å². The van der Waals surface area contributed by atoms with Gasteiger partial charge in [0.1, 0.15) is 12.4 Å². The highest BCUT2D eigenvalue weighted by atomic mass is 19.1. The van der Waals surface area contributed by atoms with Crippen molar-refractivity contribution in [3.05, 3.63) is 95.3 Å². The summed E-state index contributed by atoms with van der Waals surface area (Å²) in [5.41, 5.74) is 4.84. The van der Waals surface area contributed by atoms with Gasteiger partial charge in [0.25, 0.3) is 0 Å². The molecule has 30 heavy (non-hydrogen) atoms. The molecule has 1 atom stereocenters. The fraction of sp³-hybridized carbons (Fsp3) is 0.167. The molecule has 6 heteroatoms. The average Bonchev–Trinajstić information content (AvgIpc) is 3.06. The second-order valence-electron chi connectivity index (χ2n) is 7.15. The third-order valence-electron chi connectivity index (χ3n) is 5.28. The molecule has 5 nitrogen and oxygen atoms in total. The molecule has 1 N–H and O–H groups in total. The van der Waals surface area contributed by atoms with E-state index in [1.807, 2.05) is 48.5 Å². The predicted molar refractivity (Wildman–Crippen MR) is 107 cm³/mol. The number of carboxylic acids is 1. The standard InChI is InChI=1S/C24H20FNO4/c25-16-11-9-15(10-12-16)22(13-23(27)28)26-24(29)30-14-21-19-7-3-1-5-17(19)18-6-2-4-8-20(18)21/h1-12,21-22H,13-14H2,(H,26,29)(H,27,28)/p-1/t22-/m0/s1. The minimum Gasteiger partial charge on any atom is -0.550 e. The molecule has 0 bridgehead atoms. The molecule has 0 fully saturated rings. The van der Waals surface area contributed by atoms with Crippen molar-refractivity contribution in [2.24, 2.45) is 0 Å². The smallest absolute Gasteiger partial charge is 0.407 e. The van der Waals surface area contributed by atoms with Crippen LogP contribution in [-0.4, -0.2) is 18.7 Å². The van der Waals surface area contributed by atoms with E-state index in [0.717, 1.165) is 22.3 Å². The van der Waals surface area contributed by atoms with Crippen LogP contribution in [0, 0.1) is 5.82 Å². The Morgan fingerprint density at radius 3 is 2.07 bits per heavy atom. The van der Waals surface area contributed by atoms with E-state index in [1.165, 1.54) is 24.3 Å². The van der Waals surface area contributed by atoms with Crippen molar-refractivity contribution >= 4 is 12.1 Å². The van der Waals surface area contributed by atoms with Crippen LogP contribution in [0.15, 0.2) is 72.8 Å². The zero-order valence-corrected chi connectivity index (χ0v) is 16.0. The molecular formula is C24H19FNO4-. The van der Waals surface area contributed by atoms with Gasteiger partial charge in [-0.1, -0.05) is 60.7 Å². The van der Waals surface area contributed by atoms with Gasteiger partial charge in [-0.25, -0.2) is 9.18 Å². The van der Waals surface area contributed by atoms with Gasteiger partial charge < -0.3 is 20.0 Å². The molecule has 3 aromatic carbocycles. The number of aliphatic carboxylic acids is 1. The Morgan fingerprint density at radius 2 is 1.50 bits per heavy atom. The van der Waals surface area contributed by atoms with Crippen molar-refractivity contribution in [2.45, 2.75) is 18.4 Å². The third kappa shape index (κ3) is 4.03. The van der Waals surface area contributed by atoms with E-state index in [-0.39, 0.29) is 12.5 Å². The number of benzene rings is 3. The number of carbonyl (C=O) groups is 2. The summed E-state index contributed by atoms with van der Waals surface area (Å²) in [6.07, 6.45) is -1.19. The van der Waals surface area contributed by atoms with Gasteiger partial charge in [-0.05, 0) is 39.9 Å². The van der Waals surface area contributed by atoms with Crippen molar-refractivity contribution in [2.75, 3.05) is 6.61 Å². The van der Waals surface area contributed by atoms with Gasteiger partial charge in [-0.3, -0.25) is 0 Å². The Hall–Kier alpha value is -3.67. The van der Waals surface area contributed by atoms with E-state index >= 15 is 0 Å². The van der Waals surface area contributed by atoms with Crippen LogP contribution in [0.2, 0.25) is 0 Å². The van der Waals surface area contributed by atoms with E-state index in [9.17, 15) is 19.1 Å². The Morgan fingerprint density at radius 1 is 0.933 bits per heavy atom. The molecule has 4 rings (SSSR count). The zero-order valence-electron chi connectivity index (χ0n) is 16.0. The highest BCUT2D eigenvalue weighted by Gasteiger charge is 2.29. The second-order valence-corrected chi connectivity index (χ2v) is 7.15. The summed E-state index contributed by atoms with van der Waals surface area (Å²) in [6, 6.07) is 20.3. The maximum atomic E-state index is 13.2. The van der Waals surface area contributed by atoms with E-state index in [0.29, 0.717) is 5.56 Å². The minimum absolute atomic E-state index is 0.103. The lowest BCUT2D eigenvalue weighted by atomic mass is 9.98. The molecule has 1 aliphatic rings. The van der Waals surface area contributed by atoms with Gasteiger partial charge >= 0.3 is 6.09 Å². The molecule has 1 aliphatic carbocycles. The first-order valence-electron chi connectivity index (χ1n) is 9.59. The van der Waals surface area contributed by atoms with Crippen LogP contribution in [-0.2, 0) is 9.53 Å². The molecular weight excluding hydrogens is 385 g/mol. The number of rotatable bonds is 6. The molecule has 3 aromatic rings. The van der Waals surface area contributed by atoms with Crippen molar-refractivity contribution in [3.8, 4) is 11.1 Å². The summed E-state index contributed by atoms with van der Waals surface area (Å²) in [4.78, 5) is 23.5. The number of amides is 1. The van der Waals surface area contributed by atoms with Crippen LogP contribution in [0.5, 0.6) is 0 Å². The maximum Gasteiger partial charge on any atom is 0.407 e. The van der Waals surface area contributed by atoms with Gasteiger partial charge in [-0.15, -0.1) is 0 Å². The molecule has 1 amide bonds. The SMILES string of the molecule is O=C([O-])C[C@H](NC(=O)OCC1c2ccccc2-c2ccccc21)c1ccc(F)cc1. The lowest BCUT2D eigenvalue weighted by Crippen LogP contribution is -2.35. The van der Waals surface area contributed by atoms with Crippen LogP contribution in [0.1, 0.15) is 35.1 Å². The monoisotopic (exact) mass is 404 g/mol. The molecule has 0 aliphatic heterocycles. The number of nitrogens with one attached hydrogen (secondary N) is 1. The summed E-state index contributed by atoms with van der Waals surface area (Å²) in [5.74, 6) is -1.89. The van der Waals surface area contributed by atoms with E-state index in [4.69, 9.17) is 4.74 Å². The molecule has 0 saturated heterocycles. The van der Waals surface area contributed by atoms with Crippen LogP contribution in [0.4, 0.5) is 9.18 Å². The topological polar surface area (TPSA) is 78.5 Å². The van der Waals surface area contributed by atoms with Gasteiger partial charge in [0.05, 0.1) is 6.04 Å². The molecule has 152 valence electrons. The maximum absolute atomic E-state index is 13.2. The summed E-state index contributed by atoms with van der Waals surface area (Å²) in [5, 5.41) is 13.6. The highest BCUT2D eigenvalue weighted by Crippen LogP contribution is 2.44. The van der Waals surface area contributed by atoms with Crippen LogP contribution >= 0.6 is 0 Å². The Bertz CT molecular complexity index is 1040. The minimum atomic E-state index is -1.33. The Kier molecular flexibility index (Phi) is 5.48. The number of carboxylic acid groups (broad SMARTS) is 1. The van der Waals surface area contributed by atoms with Gasteiger partial charge in [0.15, 0.2) is 0 Å². The third-order valence-corrected chi connectivity index (χ3v) is 5.28. The highest BCUT2D eigenvalue weighted by molar-refractivity contribution is 5.79. The summed E-state index contributed by atoms with van der Waals surface area (Å²) in [7, 11) is 0. The van der Waals surface area contributed by atoms with Crippen LogP contribution < -0.4 is 10.4 Å². The number of hydrogen-bond donors (Lipinski definition) is 1. The van der Waals surface area contributed by atoms with Crippen molar-refractivity contribution in [1.29, 1.82) is 0 Å². The largest absolute Gasteiger partial charge is 0.550 e. The first-order chi connectivity index (χ1) is 14.5. The number of hydrogen-bond acceptors (Lipinski definition) is 4. The fourth-order valence-electron chi connectivity index (χ4n) is 3.90. The normalized spacial score (nSPS) is 13.2. The molecule has 0 heterocycles. The summed E-state index contributed by atoms with van der Waals surface area (Å²) >= 11 is 0. The van der Waals surface area contributed by atoms with Crippen LogP contribution in [0.3, 0.4) is 0 Å². The second kappa shape index (κ2) is 8.37.